The first-order valence-electron chi connectivity index (χ1n) is 5.78. The van der Waals surface area contributed by atoms with Gasteiger partial charge in [-0.2, -0.15) is 0 Å². The number of aryl methyl sites for hydroxylation is 1. The first-order chi connectivity index (χ1) is 9.42. The van der Waals surface area contributed by atoms with Crippen molar-refractivity contribution in [2.75, 3.05) is 12.8 Å². The Morgan fingerprint density at radius 3 is 2.75 bits per heavy atom. The van der Waals surface area contributed by atoms with Crippen LogP contribution >= 0.6 is 0 Å². The lowest BCUT2D eigenvalue weighted by Gasteiger charge is -2.08. The number of aromatic nitrogens is 1. The van der Waals surface area contributed by atoms with Crippen LogP contribution in [-0.2, 0) is 16.6 Å². The summed E-state index contributed by atoms with van der Waals surface area (Å²) in [5.41, 5.74) is 6.71. The summed E-state index contributed by atoms with van der Waals surface area (Å²) in [5.74, 6) is 0.747. The van der Waals surface area contributed by atoms with E-state index in [9.17, 15) is 8.42 Å². The molecular formula is C12H15N3O4S. The lowest BCUT2D eigenvalue weighted by molar-refractivity contribution is 0.377. The fourth-order valence-corrected chi connectivity index (χ4v) is 2.62. The van der Waals surface area contributed by atoms with Gasteiger partial charge < -0.3 is 15.0 Å². The summed E-state index contributed by atoms with van der Waals surface area (Å²) in [6, 6.07) is 5.91. The molecule has 0 aliphatic carbocycles. The van der Waals surface area contributed by atoms with Crippen molar-refractivity contribution in [3.8, 4) is 5.75 Å². The summed E-state index contributed by atoms with van der Waals surface area (Å²) in [5, 5.41) is 3.68. The number of nitrogen functional groups attached to an aromatic ring is 1. The van der Waals surface area contributed by atoms with Gasteiger partial charge in [0, 0.05) is 12.1 Å². The highest BCUT2D eigenvalue weighted by Gasteiger charge is 2.16. The average Bonchev–Trinajstić information content (AvgIpc) is 2.83. The number of rotatable bonds is 5. The summed E-state index contributed by atoms with van der Waals surface area (Å²) >= 11 is 0. The molecule has 0 radical (unpaired) electrons. The Morgan fingerprint density at radius 2 is 2.15 bits per heavy atom. The van der Waals surface area contributed by atoms with Crippen LogP contribution in [0.15, 0.2) is 33.7 Å². The summed E-state index contributed by atoms with van der Waals surface area (Å²) in [6.45, 7) is 1.78. The van der Waals surface area contributed by atoms with E-state index in [2.05, 4.69) is 9.88 Å². The van der Waals surface area contributed by atoms with E-state index >= 15 is 0 Å². The molecule has 0 spiro atoms. The number of nitrogens with one attached hydrogen (secondary N) is 1. The molecule has 0 fully saturated rings. The number of sulfonamides is 1. The molecule has 2 rings (SSSR count). The third kappa shape index (κ3) is 3.09. The number of methoxy groups -OCH3 is 1. The Hall–Kier alpha value is -2.06. The van der Waals surface area contributed by atoms with E-state index in [4.69, 9.17) is 15.0 Å². The van der Waals surface area contributed by atoms with E-state index in [1.54, 1.807) is 13.0 Å². The Kier molecular flexibility index (Phi) is 3.96. The highest BCUT2D eigenvalue weighted by molar-refractivity contribution is 7.89. The lowest BCUT2D eigenvalue weighted by Crippen LogP contribution is -2.23. The number of hydrogen-bond acceptors (Lipinski definition) is 6. The van der Waals surface area contributed by atoms with Crippen molar-refractivity contribution in [3.63, 3.8) is 0 Å². The van der Waals surface area contributed by atoms with Crippen molar-refractivity contribution in [1.29, 1.82) is 0 Å². The van der Waals surface area contributed by atoms with Gasteiger partial charge in [-0.05, 0) is 19.1 Å². The molecule has 0 unspecified atom stereocenters. The number of nitrogens with two attached hydrogens (primary N) is 1. The number of benzene rings is 1. The largest absolute Gasteiger partial charge is 0.495 e. The molecule has 2 aromatic rings. The first-order valence-corrected chi connectivity index (χ1v) is 7.26. The Balaban J connectivity index is 2.17. The predicted molar refractivity (Wildman–Crippen MR) is 72.7 cm³/mol. The fourth-order valence-electron chi connectivity index (χ4n) is 1.61. The van der Waals surface area contributed by atoms with Gasteiger partial charge in [0.05, 0.1) is 29.9 Å². The molecule has 0 aliphatic heterocycles. The van der Waals surface area contributed by atoms with Gasteiger partial charge >= 0.3 is 0 Å². The quantitative estimate of drug-likeness (QED) is 0.799. The number of anilines is 1. The van der Waals surface area contributed by atoms with Crippen LogP contribution in [-0.4, -0.2) is 20.7 Å². The van der Waals surface area contributed by atoms with Crippen molar-refractivity contribution >= 4 is 15.7 Å². The van der Waals surface area contributed by atoms with E-state index in [1.165, 1.54) is 25.3 Å². The Labute approximate surface area is 116 Å². The van der Waals surface area contributed by atoms with E-state index in [0.717, 1.165) is 0 Å². The normalized spacial score (nSPS) is 11.5. The van der Waals surface area contributed by atoms with Gasteiger partial charge in [-0.15, -0.1) is 0 Å². The fraction of sp³-hybridized carbons (Fsp3) is 0.250. The van der Waals surface area contributed by atoms with Crippen LogP contribution in [0.3, 0.4) is 0 Å². The minimum absolute atomic E-state index is 0.0237. The molecule has 3 N–H and O–H groups in total. The van der Waals surface area contributed by atoms with Crippen LogP contribution < -0.4 is 15.2 Å². The van der Waals surface area contributed by atoms with Gasteiger partial charge in [0.2, 0.25) is 10.0 Å². The van der Waals surface area contributed by atoms with Crippen LogP contribution in [0.1, 0.15) is 11.5 Å². The zero-order chi connectivity index (χ0) is 14.8. The maximum absolute atomic E-state index is 12.1. The van der Waals surface area contributed by atoms with Crippen LogP contribution in [0.2, 0.25) is 0 Å². The predicted octanol–water partition coefficient (Wildman–Crippen LogP) is 1.05. The maximum Gasteiger partial charge on any atom is 0.241 e. The molecule has 1 heterocycles. The molecule has 108 valence electrons. The molecule has 7 nitrogen and oxygen atoms in total. The minimum Gasteiger partial charge on any atom is -0.495 e. The SMILES string of the molecule is COc1cc(S(=O)(=O)NCc2cc(C)no2)ccc1N. The molecule has 0 bridgehead atoms. The van der Waals surface area contributed by atoms with Gasteiger partial charge in [-0.25, -0.2) is 13.1 Å². The molecule has 8 heteroatoms. The maximum atomic E-state index is 12.1. The molecule has 0 saturated heterocycles. The molecule has 0 saturated carbocycles. The summed E-state index contributed by atoms with van der Waals surface area (Å²) in [6.07, 6.45) is 0. The molecule has 0 amide bonds. The smallest absolute Gasteiger partial charge is 0.241 e. The zero-order valence-electron chi connectivity index (χ0n) is 11.1. The van der Waals surface area contributed by atoms with E-state index in [-0.39, 0.29) is 11.4 Å². The van der Waals surface area contributed by atoms with E-state index < -0.39 is 10.0 Å². The number of ether oxygens (including phenoxy) is 1. The van der Waals surface area contributed by atoms with Crippen molar-refractivity contribution in [2.45, 2.75) is 18.4 Å². The van der Waals surface area contributed by atoms with Gasteiger partial charge in [0.25, 0.3) is 0 Å². The third-order valence-corrected chi connectivity index (χ3v) is 4.03. The number of nitrogens with zero attached hydrogens (tertiary/aromatic N) is 1. The van der Waals surface area contributed by atoms with E-state index in [0.29, 0.717) is 22.9 Å². The van der Waals surface area contributed by atoms with Crippen LogP contribution in [0, 0.1) is 6.92 Å². The van der Waals surface area contributed by atoms with Crippen molar-refractivity contribution in [2.24, 2.45) is 0 Å². The Bertz CT molecular complexity index is 709. The average molecular weight is 297 g/mol. The summed E-state index contributed by atoms with van der Waals surface area (Å²) < 4.78 is 36.6. The van der Waals surface area contributed by atoms with Crippen LogP contribution in [0.5, 0.6) is 5.75 Å². The third-order valence-electron chi connectivity index (χ3n) is 2.63. The lowest BCUT2D eigenvalue weighted by atomic mass is 10.3. The second kappa shape index (κ2) is 5.51. The molecule has 20 heavy (non-hydrogen) atoms. The van der Waals surface area contributed by atoms with E-state index in [1.807, 2.05) is 0 Å². The van der Waals surface area contributed by atoms with Gasteiger partial charge in [-0.1, -0.05) is 5.16 Å². The zero-order valence-corrected chi connectivity index (χ0v) is 11.9. The number of hydrogen-bond donors (Lipinski definition) is 2. The topological polar surface area (TPSA) is 107 Å². The standard InChI is InChI=1S/C12H15N3O4S/c1-8-5-9(19-15-8)7-14-20(16,17)10-3-4-11(13)12(6-10)18-2/h3-6,14H,7,13H2,1-2H3. The molecule has 0 atom stereocenters. The highest BCUT2D eigenvalue weighted by atomic mass is 32.2. The van der Waals surface area contributed by atoms with Gasteiger partial charge in [0.15, 0.2) is 5.76 Å². The molecule has 1 aromatic carbocycles. The van der Waals surface area contributed by atoms with Crippen molar-refractivity contribution < 1.29 is 17.7 Å². The second-order valence-electron chi connectivity index (χ2n) is 4.16. The molecular weight excluding hydrogens is 282 g/mol. The highest BCUT2D eigenvalue weighted by Crippen LogP contribution is 2.24. The van der Waals surface area contributed by atoms with Crippen LogP contribution in [0.25, 0.3) is 0 Å². The van der Waals surface area contributed by atoms with Gasteiger partial charge in [-0.3, -0.25) is 0 Å². The summed E-state index contributed by atoms with van der Waals surface area (Å²) in [4.78, 5) is 0.0692. The minimum atomic E-state index is -3.67. The summed E-state index contributed by atoms with van der Waals surface area (Å²) in [7, 11) is -2.25. The first kappa shape index (κ1) is 14.4. The Morgan fingerprint density at radius 1 is 1.40 bits per heavy atom. The van der Waals surface area contributed by atoms with Crippen molar-refractivity contribution in [1.82, 2.24) is 9.88 Å². The molecule has 1 aromatic heterocycles. The van der Waals surface area contributed by atoms with Crippen molar-refractivity contribution in [3.05, 3.63) is 35.7 Å². The second-order valence-corrected chi connectivity index (χ2v) is 5.93. The van der Waals surface area contributed by atoms with Crippen LogP contribution in [0.4, 0.5) is 5.69 Å². The van der Waals surface area contributed by atoms with Gasteiger partial charge in [0.1, 0.15) is 5.75 Å². The molecule has 0 aliphatic rings. The monoisotopic (exact) mass is 297 g/mol.